The lowest BCUT2D eigenvalue weighted by Crippen LogP contribution is -2.34. The minimum Gasteiger partial charge on any atom is -0.508 e. The molecule has 1 aromatic rings. The Morgan fingerprint density at radius 1 is 1.39 bits per heavy atom. The quantitative estimate of drug-likeness (QED) is 0.850. The number of aromatic hydroxyl groups is 1. The second-order valence-corrected chi connectivity index (χ2v) is 4.42. The van der Waals surface area contributed by atoms with Crippen LogP contribution in [0.15, 0.2) is 18.2 Å². The zero-order chi connectivity index (χ0) is 13.9. The lowest BCUT2D eigenvalue weighted by Gasteiger charge is -2.20. The highest BCUT2D eigenvalue weighted by Crippen LogP contribution is 2.17. The molecule has 0 aliphatic carbocycles. The van der Waals surface area contributed by atoms with Gasteiger partial charge in [-0.05, 0) is 30.7 Å². The van der Waals surface area contributed by atoms with Crippen molar-refractivity contribution in [3.8, 4) is 5.75 Å². The molecule has 5 heteroatoms. The van der Waals surface area contributed by atoms with E-state index in [0.29, 0.717) is 11.1 Å². The maximum absolute atomic E-state index is 12.1. The number of phenols is 1. The second kappa shape index (κ2) is 5.53. The van der Waals surface area contributed by atoms with Crippen molar-refractivity contribution in [2.75, 3.05) is 13.6 Å². The summed E-state index contributed by atoms with van der Waals surface area (Å²) in [6.45, 7) is 3.42. The number of hydrogen-bond donors (Lipinski definition) is 2. The topological polar surface area (TPSA) is 77.8 Å². The molecule has 98 valence electrons. The zero-order valence-electron chi connectivity index (χ0n) is 10.7. The number of benzene rings is 1. The van der Waals surface area contributed by atoms with Crippen LogP contribution < -0.4 is 0 Å². The molecule has 1 atom stereocenters. The molecule has 5 nitrogen and oxygen atoms in total. The molecule has 0 fully saturated rings. The van der Waals surface area contributed by atoms with Gasteiger partial charge in [-0.3, -0.25) is 9.59 Å². The first-order valence-corrected chi connectivity index (χ1v) is 5.60. The smallest absolute Gasteiger partial charge is 0.308 e. The van der Waals surface area contributed by atoms with Crippen molar-refractivity contribution >= 4 is 11.9 Å². The Morgan fingerprint density at radius 3 is 2.50 bits per heavy atom. The van der Waals surface area contributed by atoms with E-state index in [-0.39, 0.29) is 18.2 Å². The van der Waals surface area contributed by atoms with Crippen molar-refractivity contribution in [1.82, 2.24) is 4.90 Å². The summed E-state index contributed by atoms with van der Waals surface area (Å²) in [4.78, 5) is 24.2. The number of phenolic OH excluding ortho intramolecular Hbond substituents is 1. The van der Waals surface area contributed by atoms with E-state index in [1.165, 1.54) is 23.1 Å². The fourth-order valence-electron chi connectivity index (χ4n) is 1.67. The van der Waals surface area contributed by atoms with Gasteiger partial charge in [0.1, 0.15) is 5.75 Å². The highest BCUT2D eigenvalue weighted by molar-refractivity contribution is 5.95. The van der Waals surface area contributed by atoms with Gasteiger partial charge >= 0.3 is 5.97 Å². The van der Waals surface area contributed by atoms with E-state index in [0.717, 1.165) is 0 Å². The number of aryl methyl sites for hydroxylation is 1. The first kappa shape index (κ1) is 14.0. The minimum absolute atomic E-state index is 0.102. The Labute approximate surface area is 106 Å². The van der Waals surface area contributed by atoms with Crippen LogP contribution in [-0.4, -0.2) is 40.6 Å². The summed E-state index contributed by atoms with van der Waals surface area (Å²) in [5, 5.41) is 18.1. The van der Waals surface area contributed by atoms with Gasteiger partial charge in [0, 0.05) is 19.2 Å². The van der Waals surface area contributed by atoms with Gasteiger partial charge in [-0.25, -0.2) is 0 Å². The third-order valence-corrected chi connectivity index (χ3v) is 2.76. The maximum Gasteiger partial charge on any atom is 0.308 e. The summed E-state index contributed by atoms with van der Waals surface area (Å²) < 4.78 is 0. The van der Waals surface area contributed by atoms with E-state index in [4.69, 9.17) is 5.11 Å². The van der Waals surface area contributed by atoms with Crippen LogP contribution in [0, 0.1) is 12.8 Å². The summed E-state index contributed by atoms with van der Waals surface area (Å²) in [6.07, 6.45) is 0. The Hall–Kier alpha value is -2.04. The average Bonchev–Trinajstić information content (AvgIpc) is 2.27. The number of carbonyl (C=O) groups is 2. The number of hydrogen-bond acceptors (Lipinski definition) is 3. The summed E-state index contributed by atoms with van der Waals surface area (Å²) in [5.41, 5.74) is 1.13. The van der Waals surface area contributed by atoms with Gasteiger partial charge in [0.2, 0.25) is 0 Å². The molecule has 2 N–H and O–H groups in total. The summed E-state index contributed by atoms with van der Waals surface area (Å²) in [6, 6.07) is 4.48. The van der Waals surface area contributed by atoms with Crippen LogP contribution in [0.2, 0.25) is 0 Å². The van der Waals surface area contributed by atoms with Gasteiger partial charge in [-0.15, -0.1) is 0 Å². The number of carboxylic acids is 1. The molecular weight excluding hydrogens is 234 g/mol. The van der Waals surface area contributed by atoms with Crippen molar-refractivity contribution < 1.29 is 19.8 Å². The van der Waals surface area contributed by atoms with Crippen molar-refractivity contribution in [2.45, 2.75) is 13.8 Å². The van der Waals surface area contributed by atoms with Gasteiger partial charge in [0.05, 0.1) is 5.92 Å². The molecule has 1 rings (SSSR count). The van der Waals surface area contributed by atoms with Gasteiger partial charge in [0.15, 0.2) is 0 Å². The first-order valence-electron chi connectivity index (χ1n) is 5.60. The maximum atomic E-state index is 12.1. The summed E-state index contributed by atoms with van der Waals surface area (Å²) in [7, 11) is 1.56. The fourth-order valence-corrected chi connectivity index (χ4v) is 1.67. The lowest BCUT2D eigenvalue weighted by molar-refractivity contribution is -0.141. The van der Waals surface area contributed by atoms with E-state index in [1.54, 1.807) is 20.9 Å². The molecule has 0 spiro atoms. The number of amides is 1. The van der Waals surface area contributed by atoms with Gasteiger partial charge in [0.25, 0.3) is 5.91 Å². The van der Waals surface area contributed by atoms with Crippen LogP contribution in [0.3, 0.4) is 0 Å². The Kier molecular flexibility index (Phi) is 4.31. The van der Waals surface area contributed by atoms with Crippen molar-refractivity contribution in [1.29, 1.82) is 0 Å². The number of aliphatic carboxylic acids is 1. The molecule has 0 saturated carbocycles. The predicted octanol–water partition coefficient (Wildman–Crippen LogP) is 1.49. The normalized spacial score (nSPS) is 11.9. The minimum atomic E-state index is -0.933. The van der Waals surface area contributed by atoms with Crippen LogP contribution in [0.25, 0.3) is 0 Å². The highest BCUT2D eigenvalue weighted by atomic mass is 16.4. The van der Waals surface area contributed by atoms with E-state index >= 15 is 0 Å². The van der Waals surface area contributed by atoms with Gasteiger partial charge in [-0.1, -0.05) is 6.92 Å². The average molecular weight is 251 g/mol. The number of nitrogens with zero attached hydrogens (tertiary/aromatic N) is 1. The zero-order valence-corrected chi connectivity index (χ0v) is 10.7. The predicted molar refractivity (Wildman–Crippen MR) is 66.6 cm³/mol. The lowest BCUT2D eigenvalue weighted by atomic mass is 10.1. The molecule has 18 heavy (non-hydrogen) atoms. The standard InChI is InChI=1S/C13H17NO4/c1-8-6-10(15)4-5-11(8)12(16)14(3)7-9(2)13(17)18/h4-6,9,15H,7H2,1-3H3,(H,17,18). The SMILES string of the molecule is Cc1cc(O)ccc1C(=O)N(C)CC(C)C(=O)O. The van der Waals surface area contributed by atoms with Crippen LogP contribution in [0.1, 0.15) is 22.8 Å². The highest BCUT2D eigenvalue weighted by Gasteiger charge is 2.19. The summed E-state index contributed by atoms with van der Waals surface area (Å²) in [5.74, 6) is -1.69. The van der Waals surface area contributed by atoms with Crippen molar-refractivity contribution in [3.63, 3.8) is 0 Å². The monoisotopic (exact) mass is 251 g/mol. The molecular formula is C13H17NO4. The molecule has 1 aromatic carbocycles. The molecule has 0 heterocycles. The summed E-state index contributed by atoms with van der Waals surface area (Å²) >= 11 is 0. The van der Waals surface area contributed by atoms with Gasteiger partial charge in [-0.2, -0.15) is 0 Å². The van der Waals surface area contributed by atoms with Crippen molar-refractivity contribution in [3.05, 3.63) is 29.3 Å². The Balaban J connectivity index is 2.83. The molecule has 0 saturated heterocycles. The molecule has 1 unspecified atom stereocenters. The van der Waals surface area contributed by atoms with Gasteiger partial charge < -0.3 is 15.1 Å². The molecule has 0 aliphatic rings. The fraction of sp³-hybridized carbons (Fsp3) is 0.385. The van der Waals surface area contributed by atoms with Crippen LogP contribution >= 0.6 is 0 Å². The first-order chi connectivity index (χ1) is 8.32. The molecule has 0 radical (unpaired) electrons. The van der Waals surface area contributed by atoms with Crippen molar-refractivity contribution in [2.24, 2.45) is 5.92 Å². The second-order valence-electron chi connectivity index (χ2n) is 4.42. The van der Waals surface area contributed by atoms with Crippen LogP contribution in [0.4, 0.5) is 0 Å². The van der Waals surface area contributed by atoms with E-state index in [9.17, 15) is 14.7 Å². The van der Waals surface area contributed by atoms with E-state index in [2.05, 4.69) is 0 Å². The number of carboxylic acid groups (broad SMARTS) is 1. The Morgan fingerprint density at radius 2 is 2.00 bits per heavy atom. The molecule has 0 bridgehead atoms. The number of carbonyl (C=O) groups excluding carboxylic acids is 1. The van der Waals surface area contributed by atoms with E-state index in [1.807, 2.05) is 0 Å². The van der Waals surface area contributed by atoms with Crippen LogP contribution in [0.5, 0.6) is 5.75 Å². The third kappa shape index (κ3) is 3.23. The largest absolute Gasteiger partial charge is 0.508 e. The molecule has 1 amide bonds. The Bertz CT molecular complexity index is 470. The molecule has 0 aliphatic heterocycles. The molecule has 0 aromatic heterocycles. The number of rotatable bonds is 4. The third-order valence-electron chi connectivity index (χ3n) is 2.76. The van der Waals surface area contributed by atoms with E-state index < -0.39 is 11.9 Å². The van der Waals surface area contributed by atoms with Crippen LogP contribution in [-0.2, 0) is 4.79 Å².